The van der Waals surface area contributed by atoms with E-state index in [0.29, 0.717) is 18.6 Å². The smallest absolute Gasteiger partial charge is 0.334 e. The molecule has 5 rings (SSSR count). The Balaban J connectivity index is 1.14. The van der Waals surface area contributed by atoms with Crippen LogP contribution in [0.5, 0.6) is 0 Å². The number of unbranched alkanes of at least 4 members (excludes halogenated alkanes) is 4. The van der Waals surface area contributed by atoms with Crippen LogP contribution in [0.1, 0.15) is 96.8 Å². The molecule has 5 fully saturated rings. The van der Waals surface area contributed by atoms with Crippen molar-refractivity contribution in [3.05, 3.63) is 11.8 Å². The van der Waals surface area contributed by atoms with Crippen molar-refractivity contribution in [2.45, 2.75) is 102 Å². The molecule has 0 aromatic carbocycles. The van der Waals surface area contributed by atoms with Crippen LogP contribution in [0.25, 0.3) is 0 Å². The van der Waals surface area contributed by atoms with Gasteiger partial charge in [-0.25, -0.2) is 4.79 Å². The summed E-state index contributed by atoms with van der Waals surface area (Å²) in [4.78, 5) is 11.8. The first-order chi connectivity index (χ1) is 14.0. The lowest BCUT2D eigenvalue weighted by Gasteiger charge is -2.57. The summed E-state index contributed by atoms with van der Waals surface area (Å²) in [6.07, 6.45) is 18.5. The largest absolute Gasteiger partial charge is 0.501 e. The minimum atomic E-state index is -0.785. The summed E-state index contributed by atoms with van der Waals surface area (Å²) < 4.78 is 11.3. The van der Waals surface area contributed by atoms with Gasteiger partial charge in [-0.15, -0.1) is 0 Å². The molecule has 0 radical (unpaired) electrons. The fraction of sp³-hybridized carbons (Fsp3) is 0.880. The van der Waals surface area contributed by atoms with Crippen molar-refractivity contribution in [3.63, 3.8) is 0 Å². The summed E-state index contributed by atoms with van der Waals surface area (Å²) in [7, 11) is 0. The van der Waals surface area contributed by atoms with E-state index in [1.165, 1.54) is 70.6 Å². The van der Waals surface area contributed by atoms with E-state index in [1.54, 1.807) is 6.26 Å². The summed E-state index contributed by atoms with van der Waals surface area (Å²) in [5.74, 6) is 1.79. The van der Waals surface area contributed by atoms with E-state index < -0.39 is 5.97 Å². The molecule has 4 saturated carbocycles. The van der Waals surface area contributed by atoms with Crippen LogP contribution in [0.4, 0.5) is 0 Å². The summed E-state index contributed by atoms with van der Waals surface area (Å²) in [6.45, 7) is 3.79. The maximum atomic E-state index is 11.8. The average molecular weight is 405 g/mol. The van der Waals surface area contributed by atoms with E-state index in [0.717, 1.165) is 37.2 Å². The van der Waals surface area contributed by atoms with Crippen LogP contribution in [0.2, 0.25) is 0 Å². The van der Waals surface area contributed by atoms with Gasteiger partial charge in [0.25, 0.3) is 0 Å². The van der Waals surface area contributed by atoms with Crippen molar-refractivity contribution >= 4 is 5.97 Å². The molecule has 1 aliphatic heterocycles. The number of ether oxygens (including phenoxy) is 2. The summed E-state index contributed by atoms with van der Waals surface area (Å²) in [6, 6.07) is 0. The standard InChI is InChI=1S/C25H40O4/c1-24(8-10-29-24)7-5-3-2-4-6-9-28-18-22(23(26)27)17-25-14-19-11-20(15-25)13-21(12-19)16-25/h18-21H,2-17H2,1H3,(H,26,27). The maximum Gasteiger partial charge on any atom is 0.334 e. The molecule has 1 N–H and O–H groups in total. The monoisotopic (exact) mass is 404 g/mol. The quantitative estimate of drug-likeness (QED) is 0.243. The number of aliphatic carboxylic acids is 1. The summed E-state index contributed by atoms with van der Waals surface area (Å²) in [5.41, 5.74) is 0.918. The third-order valence-electron chi connectivity index (χ3n) is 8.28. The van der Waals surface area contributed by atoms with Gasteiger partial charge in [-0.05, 0) is 94.3 Å². The van der Waals surface area contributed by atoms with E-state index in [1.807, 2.05) is 0 Å². The lowest BCUT2D eigenvalue weighted by Crippen LogP contribution is -2.46. The second-order valence-electron chi connectivity index (χ2n) is 11.0. The molecular formula is C25H40O4. The molecule has 5 aliphatic rings. The zero-order valence-electron chi connectivity index (χ0n) is 18.3. The normalized spacial score (nSPS) is 38.1. The van der Waals surface area contributed by atoms with Crippen LogP contribution in [0.15, 0.2) is 11.8 Å². The van der Waals surface area contributed by atoms with Gasteiger partial charge in [0.1, 0.15) is 0 Å². The molecule has 0 aromatic rings. The topological polar surface area (TPSA) is 55.8 Å². The highest BCUT2D eigenvalue weighted by molar-refractivity contribution is 5.86. The number of rotatable bonds is 12. The second-order valence-corrected chi connectivity index (χ2v) is 11.0. The molecule has 164 valence electrons. The third kappa shape index (κ3) is 5.37. The molecule has 1 heterocycles. The van der Waals surface area contributed by atoms with Crippen molar-refractivity contribution in [1.82, 2.24) is 0 Å². The van der Waals surface area contributed by atoms with Crippen molar-refractivity contribution in [1.29, 1.82) is 0 Å². The van der Waals surface area contributed by atoms with Gasteiger partial charge in [-0.3, -0.25) is 0 Å². The number of hydrogen-bond acceptors (Lipinski definition) is 3. The SMILES string of the molecule is CC1(CCCCCCCOC=C(CC23CC4CC(CC(C4)C2)C3)C(=O)O)CCO1. The highest BCUT2D eigenvalue weighted by atomic mass is 16.5. The fourth-order valence-electron chi connectivity index (χ4n) is 7.10. The summed E-state index contributed by atoms with van der Waals surface area (Å²) >= 11 is 0. The molecule has 1 atom stereocenters. The minimum Gasteiger partial charge on any atom is -0.501 e. The lowest BCUT2D eigenvalue weighted by atomic mass is 9.48. The molecule has 0 spiro atoms. The van der Waals surface area contributed by atoms with Crippen molar-refractivity contribution in [2.75, 3.05) is 13.2 Å². The maximum absolute atomic E-state index is 11.8. The molecule has 0 aromatic heterocycles. The van der Waals surface area contributed by atoms with Crippen LogP contribution < -0.4 is 0 Å². The van der Waals surface area contributed by atoms with Gasteiger partial charge in [-0.2, -0.15) is 0 Å². The number of carbonyl (C=O) groups is 1. The predicted molar refractivity (Wildman–Crippen MR) is 114 cm³/mol. The highest BCUT2D eigenvalue weighted by Gasteiger charge is 2.51. The summed E-state index contributed by atoms with van der Waals surface area (Å²) in [5, 5.41) is 9.71. The Kier molecular flexibility index (Phi) is 6.58. The molecule has 4 aliphatic carbocycles. The minimum absolute atomic E-state index is 0.165. The first-order valence-corrected chi connectivity index (χ1v) is 12.1. The molecule has 29 heavy (non-hydrogen) atoms. The second kappa shape index (κ2) is 8.99. The Labute approximate surface area is 176 Å². The van der Waals surface area contributed by atoms with Gasteiger partial charge >= 0.3 is 5.97 Å². The molecule has 4 bridgehead atoms. The van der Waals surface area contributed by atoms with E-state index >= 15 is 0 Å². The van der Waals surface area contributed by atoms with E-state index in [-0.39, 0.29) is 11.0 Å². The number of carboxylic acid groups (broad SMARTS) is 1. The zero-order chi connectivity index (χ0) is 20.3. The van der Waals surface area contributed by atoms with Crippen LogP contribution in [0, 0.1) is 23.2 Å². The number of carboxylic acids is 1. The van der Waals surface area contributed by atoms with Gasteiger partial charge in [0.15, 0.2) is 0 Å². The lowest BCUT2D eigenvalue weighted by molar-refractivity contribution is -0.139. The molecule has 1 saturated heterocycles. The van der Waals surface area contributed by atoms with Crippen molar-refractivity contribution < 1.29 is 19.4 Å². The van der Waals surface area contributed by atoms with Crippen LogP contribution >= 0.6 is 0 Å². The third-order valence-corrected chi connectivity index (χ3v) is 8.28. The first-order valence-electron chi connectivity index (χ1n) is 12.1. The molecule has 1 unspecified atom stereocenters. The Hall–Kier alpha value is -1.03. The fourth-order valence-corrected chi connectivity index (χ4v) is 7.10. The zero-order valence-corrected chi connectivity index (χ0v) is 18.3. The molecule has 0 amide bonds. The van der Waals surface area contributed by atoms with Gasteiger partial charge in [0.05, 0.1) is 30.6 Å². The van der Waals surface area contributed by atoms with Gasteiger partial charge in [-0.1, -0.05) is 25.7 Å². The molecule has 4 nitrogen and oxygen atoms in total. The van der Waals surface area contributed by atoms with Gasteiger partial charge in [0, 0.05) is 0 Å². The predicted octanol–water partition coefficient (Wildman–Crippen LogP) is 6.10. The van der Waals surface area contributed by atoms with E-state index in [2.05, 4.69) is 6.92 Å². The van der Waals surface area contributed by atoms with E-state index in [9.17, 15) is 9.90 Å². The van der Waals surface area contributed by atoms with Crippen molar-refractivity contribution in [3.8, 4) is 0 Å². The van der Waals surface area contributed by atoms with Crippen LogP contribution in [-0.2, 0) is 14.3 Å². The van der Waals surface area contributed by atoms with E-state index in [4.69, 9.17) is 9.47 Å². The van der Waals surface area contributed by atoms with Gasteiger partial charge < -0.3 is 14.6 Å². The van der Waals surface area contributed by atoms with Crippen LogP contribution in [0.3, 0.4) is 0 Å². The number of hydrogen-bond donors (Lipinski definition) is 1. The highest BCUT2D eigenvalue weighted by Crippen LogP contribution is 2.62. The molecular weight excluding hydrogens is 364 g/mol. The van der Waals surface area contributed by atoms with Crippen molar-refractivity contribution in [2.24, 2.45) is 23.2 Å². The first kappa shape index (κ1) is 21.2. The van der Waals surface area contributed by atoms with Crippen LogP contribution in [-0.4, -0.2) is 29.9 Å². The molecule has 4 heteroatoms. The Morgan fingerprint density at radius 3 is 2.17 bits per heavy atom. The Bertz CT molecular complexity index is 569. The van der Waals surface area contributed by atoms with Gasteiger partial charge in [0.2, 0.25) is 0 Å². The Morgan fingerprint density at radius 2 is 1.62 bits per heavy atom. The Morgan fingerprint density at radius 1 is 1.03 bits per heavy atom. The average Bonchev–Trinajstić information content (AvgIpc) is 2.63.